The summed E-state index contributed by atoms with van der Waals surface area (Å²) in [5.41, 5.74) is 0. The quantitative estimate of drug-likeness (QED) is 0.764. The van der Waals surface area contributed by atoms with E-state index < -0.39 is 10.8 Å². The molecule has 0 radical (unpaired) electrons. The first-order valence-electron chi connectivity index (χ1n) is 5.27. The average molecular weight is 219 g/mol. The summed E-state index contributed by atoms with van der Waals surface area (Å²) in [5, 5.41) is 3.53. The Morgan fingerprint density at radius 3 is 2.43 bits per heavy atom. The van der Waals surface area contributed by atoms with E-state index in [4.69, 9.17) is 4.74 Å². The molecule has 1 rings (SSSR count). The molecule has 0 aromatic rings. The van der Waals surface area contributed by atoms with Gasteiger partial charge in [-0.1, -0.05) is 0 Å². The van der Waals surface area contributed by atoms with Crippen LogP contribution in [0.4, 0.5) is 0 Å². The Morgan fingerprint density at radius 2 is 1.93 bits per heavy atom. The Balaban J connectivity index is 2.26. The van der Waals surface area contributed by atoms with E-state index in [9.17, 15) is 4.21 Å². The molecule has 14 heavy (non-hydrogen) atoms. The summed E-state index contributed by atoms with van der Waals surface area (Å²) in [4.78, 5) is 0. The summed E-state index contributed by atoms with van der Waals surface area (Å²) in [6.45, 7) is 4.21. The number of rotatable bonds is 4. The van der Waals surface area contributed by atoms with Crippen molar-refractivity contribution in [3.8, 4) is 0 Å². The van der Waals surface area contributed by atoms with Crippen molar-refractivity contribution in [2.75, 3.05) is 18.6 Å². The van der Waals surface area contributed by atoms with Crippen molar-refractivity contribution in [3.63, 3.8) is 0 Å². The molecule has 0 aromatic carbocycles. The van der Waals surface area contributed by atoms with E-state index >= 15 is 0 Å². The molecule has 0 aliphatic carbocycles. The third kappa shape index (κ3) is 3.67. The van der Waals surface area contributed by atoms with E-state index in [0.29, 0.717) is 12.1 Å². The number of hydrogen-bond donors (Lipinski definition) is 1. The van der Waals surface area contributed by atoms with Gasteiger partial charge in [0.1, 0.15) is 0 Å². The van der Waals surface area contributed by atoms with Crippen LogP contribution in [0.25, 0.3) is 0 Å². The minimum absolute atomic E-state index is 0.238. The third-order valence-electron chi connectivity index (χ3n) is 2.96. The fourth-order valence-electron chi connectivity index (χ4n) is 1.67. The molecule has 3 nitrogen and oxygen atoms in total. The highest BCUT2D eigenvalue weighted by atomic mass is 32.2. The summed E-state index contributed by atoms with van der Waals surface area (Å²) in [6.07, 6.45) is 2.31. The first-order valence-corrected chi connectivity index (χ1v) is 6.76. The van der Waals surface area contributed by atoms with E-state index in [-0.39, 0.29) is 6.10 Å². The zero-order valence-electron chi connectivity index (χ0n) is 9.29. The SMILES string of the molecule is COC(C)C(C)NC1CCS(=O)CC1. The second kappa shape index (κ2) is 5.83. The highest BCUT2D eigenvalue weighted by Crippen LogP contribution is 2.11. The predicted molar refractivity (Wildman–Crippen MR) is 60.0 cm³/mol. The van der Waals surface area contributed by atoms with Gasteiger partial charge in [-0.15, -0.1) is 0 Å². The average Bonchev–Trinajstić information content (AvgIpc) is 2.20. The lowest BCUT2D eigenvalue weighted by Gasteiger charge is -2.28. The molecule has 2 unspecified atom stereocenters. The van der Waals surface area contributed by atoms with Crippen molar-refractivity contribution in [1.82, 2.24) is 5.32 Å². The number of ether oxygens (including phenoxy) is 1. The molecular weight excluding hydrogens is 198 g/mol. The van der Waals surface area contributed by atoms with Crippen LogP contribution in [-0.4, -0.2) is 41.0 Å². The molecule has 2 atom stereocenters. The maximum Gasteiger partial charge on any atom is 0.0693 e. The van der Waals surface area contributed by atoms with Gasteiger partial charge in [0.05, 0.1) is 6.10 Å². The van der Waals surface area contributed by atoms with Crippen LogP contribution in [0.15, 0.2) is 0 Å². The molecule has 1 fully saturated rings. The van der Waals surface area contributed by atoms with Crippen LogP contribution in [0.3, 0.4) is 0 Å². The van der Waals surface area contributed by atoms with Crippen molar-refractivity contribution < 1.29 is 8.95 Å². The molecule has 0 spiro atoms. The van der Waals surface area contributed by atoms with Crippen LogP contribution in [0, 0.1) is 0 Å². The maximum absolute atomic E-state index is 11.1. The van der Waals surface area contributed by atoms with E-state index in [2.05, 4.69) is 19.2 Å². The van der Waals surface area contributed by atoms with Gasteiger partial charge < -0.3 is 10.1 Å². The molecule has 1 saturated heterocycles. The van der Waals surface area contributed by atoms with Gasteiger partial charge in [-0.25, -0.2) is 0 Å². The molecule has 0 bridgehead atoms. The van der Waals surface area contributed by atoms with Gasteiger partial charge in [0.2, 0.25) is 0 Å². The van der Waals surface area contributed by atoms with Gasteiger partial charge in [0.15, 0.2) is 0 Å². The molecule has 4 heteroatoms. The van der Waals surface area contributed by atoms with Crippen LogP contribution < -0.4 is 5.32 Å². The smallest absolute Gasteiger partial charge is 0.0693 e. The Labute approximate surface area is 89.1 Å². The summed E-state index contributed by atoms with van der Waals surface area (Å²) >= 11 is 0. The van der Waals surface area contributed by atoms with Crippen molar-refractivity contribution in [3.05, 3.63) is 0 Å². The first kappa shape index (κ1) is 12.1. The molecule has 1 aliphatic rings. The number of hydrogen-bond acceptors (Lipinski definition) is 3. The predicted octanol–water partition coefficient (Wildman–Crippen LogP) is 0.910. The molecule has 84 valence electrons. The standard InChI is InChI=1S/C10H21NO2S/c1-8(9(2)13-3)11-10-4-6-14(12)7-5-10/h8-11H,4-7H2,1-3H3. The maximum atomic E-state index is 11.1. The summed E-state index contributed by atoms with van der Waals surface area (Å²) in [7, 11) is 1.18. The third-order valence-corrected chi connectivity index (χ3v) is 4.34. The highest BCUT2D eigenvalue weighted by molar-refractivity contribution is 7.85. The summed E-state index contributed by atoms with van der Waals surface area (Å²) in [6, 6.07) is 0.900. The minimum atomic E-state index is -0.559. The van der Waals surface area contributed by atoms with Gasteiger partial charge in [-0.05, 0) is 26.7 Å². The van der Waals surface area contributed by atoms with Gasteiger partial charge >= 0.3 is 0 Å². The summed E-state index contributed by atoms with van der Waals surface area (Å²) in [5.74, 6) is 1.71. The van der Waals surface area contributed by atoms with Crippen LogP contribution in [0.2, 0.25) is 0 Å². The van der Waals surface area contributed by atoms with Crippen molar-refractivity contribution in [2.45, 2.75) is 44.9 Å². The Morgan fingerprint density at radius 1 is 1.36 bits per heavy atom. The number of methoxy groups -OCH3 is 1. The lowest BCUT2D eigenvalue weighted by Crippen LogP contribution is -2.45. The zero-order valence-corrected chi connectivity index (χ0v) is 10.1. The second-order valence-corrected chi connectivity index (χ2v) is 5.71. The molecule has 1 aliphatic heterocycles. The zero-order chi connectivity index (χ0) is 10.6. The largest absolute Gasteiger partial charge is 0.380 e. The lowest BCUT2D eigenvalue weighted by atomic mass is 10.1. The van der Waals surface area contributed by atoms with Crippen LogP contribution in [0.1, 0.15) is 26.7 Å². The molecular formula is C10H21NO2S. The molecule has 0 saturated carbocycles. The Hall–Kier alpha value is 0.0700. The summed E-state index contributed by atoms with van der Waals surface area (Å²) < 4.78 is 16.4. The van der Waals surface area contributed by atoms with Crippen LogP contribution in [0.5, 0.6) is 0 Å². The van der Waals surface area contributed by atoms with Crippen molar-refractivity contribution in [1.29, 1.82) is 0 Å². The monoisotopic (exact) mass is 219 g/mol. The first-order chi connectivity index (χ1) is 6.63. The van der Waals surface area contributed by atoms with Crippen molar-refractivity contribution >= 4 is 10.8 Å². The molecule has 0 amide bonds. The van der Waals surface area contributed by atoms with E-state index in [1.54, 1.807) is 7.11 Å². The lowest BCUT2D eigenvalue weighted by molar-refractivity contribution is 0.0838. The fraction of sp³-hybridized carbons (Fsp3) is 1.00. The molecule has 1 heterocycles. The topological polar surface area (TPSA) is 38.3 Å². The normalized spacial score (nSPS) is 32.5. The second-order valence-electron chi connectivity index (χ2n) is 4.02. The van der Waals surface area contributed by atoms with Gasteiger partial charge in [0.25, 0.3) is 0 Å². The molecule has 1 N–H and O–H groups in total. The van der Waals surface area contributed by atoms with Crippen LogP contribution >= 0.6 is 0 Å². The van der Waals surface area contributed by atoms with Gasteiger partial charge in [-0.2, -0.15) is 0 Å². The van der Waals surface area contributed by atoms with Gasteiger partial charge in [0, 0.05) is 41.5 Å². The van der Waals surface area contributed by atoms with Crippen molar-refractivity contribution in [2.24, 2.45) is 0 Å². The van der Waals surface area contributed by atoms with Crippen LogP contribution in [-0.2, 0) is 15.5 Å². The van der Waals surface area contributed by atoms with E-state index in [1.807, 2.05) is 0 Å². The molecule has 0 aromatic heterocycles. The fourth-order valence-corrected chi connectivity index (χ4v) is 2.97. The van der Waals surface area contributed by atoms with E-state index in [0.717, 1.165) is 24.3 Å². The Kier molecular flexibility index (Phi) is 5.06. The highest BCUT2D eigenvalue weighted by Gasteiger charge is 2.21. The number of nitrogens with one attached hydrogen (secondary N) is 1. The Bertz CT molecular complexity index is 189. The minimum Gasteiger partial charge on any atom is -0.380 e. The van der Waals surface area contributed by atoms with E-state index in [1.165, 1.54) is 0 Å². The van der Waals surface area contributed by atoms with Gasteiger partial charge in [-0.3, -0.25) is 4.21 Å².